The normalized spacial score (nSPS) is 20.9. The number of aromatic nitrogens is 1. The van der Waals surface area contributed by atoms with Gasteiger partial charge in [0.15, 0.2) is 0 Å². The number of aryl methyl sites for hydroxylation is 1. The molecule has 0 bridgehead atoms. The predicted octanol–water partition coefficient (Wildman–Crippen LogP) is 5.49. The number of amides is 2. The zero-order valence-electron chi connectivity index (χ0n) is 23.2. The number of likely N-dealkylation sites (N-methyl/N-ethyl adjacent to an activating group) is 1. The monoisotopic (exact) mass is 514 g/mol. The number of hydrogen-bond donors (Lipinski definition) is 0. The number of para-hydroxylation sites is 1. The number of likely N-dealkylation sites (tertiary alicyclic amines) is 1. The number of urea groups is 1. The zero-order chi connectivity index (χ0) is 26.6. The van der Waals surface area contributed by atoms with Gasteiger partial charge >= 0.3 is 6.03 Å². The summed E-state index contributed by atoms with van der Waals surface area (Å²) in [5.74, 6) is 1.70. The van der Waals surface area contributed by atoms with Crippen LogP contribution in [0, 0.1) is 0 Å². The molecule has 0 unspecified atom stereocenters. The Morgan fingerprint density at radius 3 is 2.55 bits per heavy atom. The van der Waals surface area contributed by atoms with Crippen molar-refractivity contribution in [3.05, 3.63) is 71.1 Å². The molecule has 0 saturated carbocycles. The third-order valence-corrected chi connectivity index (χ3v) is 8.97. The van der Waals surface area contributed by atoms with E-state index in [4.69, 9.17) is 9.47 Å². The van der Waals surface area contributed by atoms with E-state index in [0.29, 0.717) is 13.1 Å². The van der Waals surface area contributed by atoms with Gasteiger partial charge in [-0.1, -0.05) is 31.2 Å². The Kier molecular flexibility index (Phi) is 6.14. The fourth-order valence-electron chi connectivity index (χ4n) is 7.14. The number of ether oxygens (including phenoxy) is 2. The standard InChI is InChI=1S/C31H38N4O3/c1-6-35-30(36)34-20-22-16-24(37-4)17-27(38-5)29(22)21(2)15-28(34)31(35)11-13-33(14-12-31)19-23-18-32(3)26-10-8-7-9-25(23)26/h7-10,15-18,21H,6,11-14,19-20H2,1-5H3/t21-/m0/s1. The number of allylic oxidation sites excluding steroid dienone is 1. The quantitative estimate of drug-likeness (QED) is 0.452. The largest absolute Gasteiger partial charge is 0.497 e. The highest BCUT2D eigenvalue weighted by atomic mass is 16.5. The number of benzene rings is 2. The molecule has 7 nitrogen and oxygen atoms in total. The van der Waals surface area contributed by atoms with Crippen LogP contribution in [0.15, 0.2) is 54.4 Å². The van der Waals surface area contributed by atoms with Crippen molar-refractivity contribution in [2.75, 3.05) is 33.9 Å². The molecule has 1 atom stereocenters. The summed E-state index contributed by atoms with van der Waals surface area (Å²) in [6.45, 7) is 8.41. The van der Waals surface area contributed by atoms with Gasteiger partial charge in [-0.3, -0.25) is 9.80 Å². The van der Waals surface area contributed by atoms with Gasteiger partial charge in [0.25, 0.3) is 0 Å². The maximum absolute atomic E-state index is 13.9. The van der Waals surface area contributed by atoms with Gasteiger partial charge in [0.1, 0.15) is 11.5 Å². The summed E-state index contributed by atoms with van der Waals surface area (Å²) in [5.41, 5.74) is 5.78. The second-order valence-corrected chi connectivity index (χ2v) is 10.9. The molecule has 4 heterocycles. The Balaban J connectivity index is 1.31. The second-order valence-electron chi connectivity index (χ2n) is 10.9. The Morgan fingerprint density at radius 1 is 1.08 bits per heavy atom. The van der Waals surface area contributed by atoms with Gasteiger partial charge in [-0.05, 0) is 43.0 Å². The minimum absolute atomic E-state index is 0.114. The lowest BCUT2D eigenvalue weighted by Crippen LogP contribution is -2.53. The minimum atomic E-state index is -0.269. The van der Waals surface area contributed by atoms with Gasteiger partial charge in [0, 0.05) is 73.6 Å². The Bertz CT molecular complexity index is 1420. The molecule has 1 spiro atoms. The summed E-state index contributed by atoms with van der Waals surface area (Å²) < 4.78 is 13.6. The first-order valence-corrected chi connectivity index (χ1v) is 13.7. The summed E-state index contributed by atoms with van der Waals surface area (Å²) in [7, 11) is 5.50. The molecule has 38 heavy (non-hydrogen) atoms. The van der Waals surface area contributed by atoms with Crippen molar-refractivity contribution >= 4 is 16.9 Å². The molecule has 1 aromatic heterocycles. The average Bonchev–Trinajstić information content (AvgIpc) is 3.28. The van der Waals surface area contributed by atoms with E-state index in [2.05, 4.69) is 77.9 Å². The molecule has 2 fully saturated rings. The third-order valence-electron chi connectivity index (χ3n) is 8.97. The Morgan fingerprint density at radius 2 is 1.84 bits per heavy atom. The molecule has 3 aliphatic heterocycles. The minimum Gasteiger partial charge on any atom is -0.497 e. The van der Waals surface area contributed by atoms with Gasteiger partial charge in [-0.25, -0.2) is 4.79 Å². The van der Waals surface area contributed by atoms with E-state index in [1.54, 1.807) is 14.2 Å². The summed E-state index contributed by atoms with van der Waals surface area (Å²) in [5, 5.41) is 1.33. The van der Waals surface area contributed by atoms with Crippen LogP contribution in [-0.4, -0.2) is 64.7 Å². The number of fused-ring (bicyclic) bond motifs is 4. The van der Waals surface area contributed by atoms with Crippen molar-refractivity contribution in [3.8, 4) is 11.5 Å². The highest BCUT2D eigenvalue weighted by molar-refractivity contribution is 5.84. The summed E-state index contributed by atoms with van der Waals surface area (Å²) in [6, 6.07) is 12.8. The van der Waals surface area contributed by atoms with Crippen LogP contribution in [0.5, 0.6) is 11.5 Å². The van der Waals surface area contributed by atoms with Gasteiger partial charge in [0.05, 0.1) is 26.3 Å². The van der Waals surface area contributed by atoms with E-state index in [1.165, 1.54) is 22.2 Å². The first-order valence-electron chi connectivity index (χ1n) is 13.7. The molecule has 2 saturated heterocycles. The van der Waals surface area contributed by atoms with Crippen molar-refractivity contribution in [1.82, 2.24) is 19.3 Å². The molecule has 3 aliphatic rings. The maximum Gasteiger partial charge on any atom is 0.325 e. The molecule has 6 rings (SSSR count). The number of carbonyl (C=O) groups is 1. The highest BCUT2D eigenvalue weighted by Crippen LogP contribution is 2.49. The molecule has 200 valence electrons. The van der Waals surface area contributed by atoms with Crippen molar-refractivity contribution in [2.45, 2.75) is 51.2 Å². The van der Waals surface area contributed by atoms with E-state index in [9.17, 15) is 4.79 Å². The van der Waals surface area contributed by atoms with Crippen molar-refractivity contribution < 1.29 is 14.3 Å². The molecule has 7 heteroatoms. The topological polar surface area (TPSA) is 50.2 Å². The molecule has 0 aliphatic carbocycles. The van der Waals surface area contributed by atoms with Crippen LogP contribution >= 0.6 is 0 Å². The number of rotatable bonds is 5. The number of carbonyl (C=O) groups excluding carboxylic acids is 1. The van der Waals surface area contributed by atoms with Crippen LogP contribution < -0.4 is 9.47 Å². The Labute approximate surface area is 225 Å². The lowest BCUT2D eigenvalue weighted by atomic mass is 9.82. The summed E-state index contributed by atoms with van der Waals surface area (Å²) in [6.07, 6.45) is 6.46. The second kappa shape index (κ2) is 9.38. The smallest absolute Gasteiger partial charge is 0.325 e. The molecule has 2 aromatic carbocycles. The fraction of sp³-hybridized carbons (Fsp3) is 0.452. The first kappa shape index (κ1) is 24.9. The van der Waals surface area contributed by atoms with Crippen LogP contribution in [-0.2, 0) is 20.1 Å². The van der Waals surface area contributed by atoms with Crippen molar-refractivity contribution in [1.29, 1.82) is 0 Å². The SMILES string of the molecule is CCN1C(=O)N2Cc3cc(OC)cc(OC)c3[C@@H](C)C=C2C12CCN(Cc1cn(C)c3ccccc13)CC2. The summed E-state index contributed by atoms with van der Waals surface area (Å²) >= 11 is 0. The van der Waals surface area contributed by atoms with Crippen molar-refractivity contribution in [3.63, 3.8) is 0 Å². The van der Waals surface area contributed by atoms with Crippen LogP contribution in [0.1, 0.15) is 49.3 Å². The first-order chi connectivity index (χ1) is 18.4. The van der Waals surface area contributed by atoms with Crippen LogP contribution in [0.4, 0.5) is 4.79 Å². The number of methoxy groups -OCH3 is 2. The van der Waals surface area contributed by atoms with Gasteiger partial charge < -0.3 is 18.9 Å². The van der Waals surface area contributed by atoms with Gasteiger partial charge in [-0.2, -0.15) is 0 Å². The molecule has 0 N–H and O–H groups in total. The maximum atomic E-state index is 13.9. The molecule has 3 aromatic rings. The molecule has 0 radical (unpaired) electrons. The van der Waals surface area contributed by atoms with E-state index < -0.39 is 0 Å². The highest BCUT2D eigenvalue weighted by Gasteiger charge is 2.54. The molecule has 2 amide bonds. The Hall–Kier alpha value is -3.45. The van der Waals surface area contributed by atoms with E-state index in [-0.39, 0.29) is 17.5 Å². The predicted molar refractivity (Wildman–Crippen MR) is 150 cm³/mol. The third kappa shape index (κ3) is 3.70. The molecular formula is C31H38N4O3. The van der Waals surface area contributed by atoms with Crippen LogP contribution in [0.25, 0.3) is 10.9 Å². The van der Waals surface area contributed by atoms with Gasteiger partial charge in [0.2, 0.25) is 0 Å². The lowest BCUT2D eigenvalue weighted by Gasteiger charge is -2.44. The number of nitrogens with zero attached hydrogens (tertiary/aromatic N) is 4. The average molecular weight is 515 g/mol. The number of hydrogen-bond acceptors (Lipinski definition) is 4. The summed E-state index contributed by atoms with van der Waals surface area (Å²) in [4.78, 5) is 20.6. The molecular weight excluding hydrogens is 476 g/mol. The van der Waals surface area contributed by atoms with E-state index in [1.807, 2.05) is 11.0 Å². The van der Waals surface area contributed by atoms with Crippen LogP contribution in [0.2, 0.25) is 0 Å². The zero-order valence-corrected chi connectivity index (χ0v) is 23.2. The van der Waals surface area contributed by atoms with E-state index in [0.717, 1.165) is 55.1 Å². The van der Waals surface area contributed by atoms with Crippen molar-refractivity contribution in [2.24, 2.45) is 7.05 Å². The fourth-order valence-corrected chi connectivity index (χ4v) is 7.14. The number of piperidine rings is 1. The van der Waals surface area contributed by atoms with E-state index >= 15 is 0 Å². The van der Waals surface area contributed by atoms with Gasteiger partial charge in [-0.15, -0.1) is 0 Å². The van der Waals surface area contributed by atoms with Crippen LogP contribution in [0.3, 0.4) is 0 Å². The lowest BCUT2D eigenvalue weighted by molar-refractivity contribution is 0.0890.